The van der Waals surface area contributed by atoms with Gasteiger partial charge in [-0.15, -0.1) is 0 Å². The molecule has 25 heavy (non-hydrogen) atoms. The predicted molar refractivity (Wildman–Crippen MR) is 97.5 cm³/mol. The van der Waals surface area contributed by atoms with Gasteiger partial charge in [-0.25, -0.2) is 4.68 Å². The van der Waals surface area contributed by atoms with E-state index in [9.17, 15) is 4.79 Å². The summed E-state index contributed by atoms with van der Waals surface area (Å²) in [4.78, 5) is 14.6. The number of para-hydroxylation sites is 1. The van der Waals surface area contributed by atoms with Gasteiger partial charge in [-0.2, -0.15) is 5.10 Å². The van der Waals surface area contributed by atoms with E-state index in [0.717, 1.165) is 24.1 Å². The molecule has 0 aliphatic heterocycles. The van der Waals surface area contributed by atoms with Crippen LogP contribution in [0.25, 0.3) is 5.69 Å². The Balaban J connectivity index is 1.47. The summed E-state index contributed by atoms with van der Waals surface area (Å²) in [6.07, 6.45) is 6.14. The molecule has 4 nitrogen and oxygen atoms in total. The van der Waals surface area contributed by atoms with Crippen molar-refractivity contribution in [1.82, 2.24) is 14.7 Å². The zero-order chi connectivity index (χ0) is 17.2. The van der Waals surface area contributed by atoms with E-state index >= 15 is 0 Å². The SMILES string of the molecule is CN(C(=O)Cc1cnn(-c2ccccc2)c1)C1CCc2ccccc21. The number of carbonyl (C=O) groups excluding carboxylic acids is 1. The highest BCUT2D eigenvalue weighted by atomic mass is 16.2. The number of carbonyl (C=O) groups is 1. The minimum absolute atomic E-state index is 0.134. The molecule has 2 aromatic carbocycles. The van der Waals surface area contributed by atoms with E-state index in [1.54, 1.807) is 6.20 Å². The maximum absolute atomic E-state index is 12.7. The Morgan fingerprint density at radius 2 is 1.92 bits per heavy atom. The van der Waals surface area contributed by atoms with Gasteiger partial charge in [0.25, 0.3) is 0 Å². The molecule has 1 atom stereocenters. The molecule has 3 aromatic rings. The summed E-state index contributed by atoms with van der Waals surface area (Å²) < 4.78 is 1.81. The largest absolute Gasteiger partial charge is 0.338 e. The first kappa shape index (κ1) is 15.6. The zero-order valence-electron chi connectivity index (χ0n) is 14.3. The Hall–Kier alpha value is -2.88. The Morgan fingerprint density at radius 1 is 1.16 bits per heavy atom. The highest BCUT2D eigenvalue weighted by molar-refractivity contribution is 5.79. The predicted octanol–water partition coefficient (Wildman–Crippen LogP) is 3.56. The number of likely N-dealkylation sites (N-methyl/N-ethyl adjacent to an activating group) is 1. The van der Waals surface area contributed by atoms with Gasteiger partial charge in [0, 0.05) is 13.2 Å². The normalized spacial score (nSPS) is 15.8. The molecule has 1 heterocycles. The summed E-state index contributed by atoms with van der Waals surface area (Å²) >= 11 is 0. The Labute approximate surface area is 147 Å². The molecule has 1 unspecified atom stereocenters. The van der Waals surface area contributed by atoms with Crippen molar-refractivity contribution in [2.75, 3.05) is 7.05 Å². The lowest BCUT2D eigenvalue weighted by Gasteiger charge is -2.25. The Morgan fingerprint density at radius 3 is 2.76 bits per heavy atom. The number of hydrogen-bond acceptors (Lipinski definition) is 2. The smallest absolute Gasteiger partial charge is 0.227 e. The first-order chi connectivity index (χ1) is 12.2. The van der Waals surface area contributed by atoms with Gasteiger partial charge in [-0.1, -0.05) is 42.5 Å². The van der Waals surface area contributed by atoms with Gasteiger partial charge in [0.05, 0.1) is 24.3 Å². The average Bonchev–Trinajstić information content (AvgIpc) is 3.29. The van der Waals surface area contributed by atoms with Crippen LogP contribution in [0, 0.1) is 0 Å². The van der Waals surface area contributed by atoms with Crippen LogP contribution in [0.5, 0.6) is 0 Å². The minimum Gasteiger partial charge on any atom is -0.338 e. The molecule has 0 spiro atoms. The van der Waals surface area contributed by atoms with Crippen LogP contribution < -0.4 is 0 Å². The fourth-order valence-electron chi connectivity index (χ4n) is 3.58. The van der Waals surface area contributed by atoms with Gasteiger partial charge in [0.15, 0.2) is 0 Å². The summed E-state index contributed by atoms with van der Waals surface area (Å²) in [6, 6.07) is 18.6. The third kappa shape index (κ3) is 3.07. The maximum Gasteiger partial charge on any atom is 0.227 e. The first-order valence-corrected chi connectivity index (χ1v) is 8.65. The lowest BCUT2D eigenvalue weighted by Crippen LogP contribution is -2.31. The van der Waals surface area contributed by atoms with Crippen LogP contribution in [0.1, 0.15) is 29.2 Å². The maximum atomic E-state index is 12.7. The summed E-state index contributed by atoms with van der Waals surface area (Å²) in [7, 11) is 1.91. The topological polar surface area (TPSA) is 38.1 Å². The van der Waals surface area contributed by atoms with Crippen LogP contribution >= 0.6 is 0 Å². The molecule has 0 N–H and O–H groups in total. The van der Waals surface area contributed by atoms with Crippen molar-refractivity contribution < 1.29 is 4.79 Å². The highest BCUT2D eigenvalue weighted by Gasteiger charge is 2.28. The second-order valence-corrected chi connectivity index (χ2v) is 6.56. The van der Waals surface area contributed by atoms with Crippen molar-refractivity contribution in [3.63, 3.8) is 0 Å². The fraction of sp³-hybridized carbons (Fsp3) is 0.238. The van der Waals surface area contributed by atoms with Crippen LogP contribution in [-0.2, 0) is 17.6 Å². The molecule has 0 radical (unpaired) electrons. The third-order valence-electron chi connectivity index (χ3n) is 4.97. The number of amides is 1. The number of fused-ring (bicyclic) bond motifs is 1. The molecule has 0 saturated carbocycles. The number of benzene rings is 2. The van der Waals surface area contributed by atoms with Crippen LogP contribution in [0.4, 0.5) is 0 Å². The van der Waals surface area contributed by atoms with Gasteiger partial charge in [0.2, 0.25) is 5.91 Å². The van der Waals surface area contributed by atoms with E-state index in [1.165, 1.54) is 11.1 Å². The van der Waals surface area contributed by atoms with E-state index in [1.807, 2.05) is 53.2 Å². The molecule has 1 amide bonds. The van der Waals surface area contributed by atoms with Gasteiger partial charge in [0.1, 0.15) is 0 Å². The van der Waals surface area contributed by atoms with E-state index in [0.29, 0.717) is 6.42 Å². The van der Waals surface area contributed by atoms with Crippen LogP contribution in [0.3, 0.4) is 0 Å². The molecule has 4 rings (SSSR count). The molecule has 0 bridgehead atoms. The lowest BCUT2D eigenvalue weighted by molar-refractivity contribution is -0.131. The third-order valence-corrected chi connectivity index (χ3v) is 4.97. The molecule has 126 valence electrons. The molecule has 1 aliphatic rings. The Kier molecular flexibility index (Phi) is 4.10. The highest BCUT2D eigenvalue weighted by Crippen LogP contribution is 2.35. The van der Waals surface area contributed by atoms with Crippen molar-refractivity contribution in [2.45, 2.75) is 25.3 Å². The number of aryl methyl sites for hydroxylation is 1. The summed E-state index contributed by atoms with van der Waals surface area (Å²) in [5, 5.41) is 4.38. The number of rotatable bonds is 4. The van der Waals surface area contributed by atoms with Gasteiger partial charge in [-0.05, 0) is 41.7 Å². The van der Waals surface area contributed by atoms with E-state index in [-0.39, 0.29) is 11.9 Å². The Bertz CT molecular complexity index is 885. The van der Waals surface area contributed by atoms with Crippen LogP contribution in [0.2, 0.25) is 0 Å². The van der Waals surface area contributed by atoms with E-state index in [2.05, 4.69) is 29.4 Å². The van der Waals surface area contributed by atoms with E-state index in [4.69, 9.17) is 0 Å². The summed E-state index contributed by atoms with van der Waals surface area (Å²) in [5.41, 5.74) is 4.59. The quantitative estimate of drug-likeness (QED) is 0.733. The van der Waals surface area contributed by atoms with E-state index < -0.39 is 0 Å². The molecule has 0 saturated heterocycles. The molecule has 0 fully saturated rings. The lowest BCUT2D eigenvalue weighted by atomic mass is 10.1. The molecular weight excluding hydrogens is 310 g/mol. The monoisotopic (exact) mass is 331 g/mol. The number of nitrogens with zero attached hydrogens (tertiary/aromatic N) is 3. The fourth-order valence-corrected chi connectivity index (χ4v) is 3.58. The second-order valence-electron chi connectivity index (χ2n) is 6.56. The first-order valence-electron chi connectivity index (χ1n) is 8.65. The summed E-state index contributed by atoms with van der Waals surface area (Å²) in [6.45, 7) is 0. The zero-order valence-corrected chi connectivity index (χ0v) is 14.3. The standard InChI is InChI=1S/C21H21N3O/c1-23(20-12-11-17-7-5-6-10-19(17)20)21(25)13-16-14-22-24(15-16)18-8-3-2-4-9-18/h2-10,14-15,20H,11-13H2,1H3. The van der Waals surface area contributed by atoms with Crippen molar-refractivity contribution in [3.05, 3.63) is 83.7 Å². The molecule has 1 aromatic heterocycles. The van der Waals surface area contributed by atoms with Crippen LogP contribution in [-0.4, -0.2) is 27.6 Å². The molecular formula is C21H21N3O. The minimum atomic E-state index is 0.134. The van der Waals surface area contributed by atoms with Crippen molar-refractivity contribution in [3.8, 4) is 5.69 Å². The van der Waals surface area contributed by atoms with Crippen LogP contribution in [0.15, 0.2) is 67.0 Å². The van der Waals surface area contributed by atoms with Gasteiger partial charge in [-0.3, -0.25) is 4.79 Å². The number of aromatic nitrogens is 2. The number of hydrogen-bond donors (Lipinski definition) is 0. The average molecular weight is 331 g/mol. The van der Waals surface area contributed by atoms with Gasteiger partial charge < -0.3 is 4.90 Å². The van der Waals surface area contributed by atoms with Crippen molar-refractivity contribution in [2.24, 2.45) is 0 Å². The summed E-state index contributed by atoms with van der Waals surface area (Å²) in [5.74, 6) is 0.134. The molecule has 4 heteroatoms. The van der Waals surface area contributed by atoms with Gasteiger partial charge >= 0.3 is 0 Å². The second kappa shape index (κ2) is 6.55. The molecule has 1 aliphatic carbocycles. The van der Waals surface area contributed by atoms with Crippen molar-refractivity contribution >= 4 is 5.91 Å². The van der Waals surface area contributed by atoms with Crippen molar-refractivity contribution in [1.29, 1.82) is 0 Å².